The first kappa shape index (κ1) is 26.6. The van der Waals surface area contributed by atoms with Gasteiger partial charge in [0.2, 0.25) is 0 Å². The van der Waals surface area contributed by atoms with Gasteiger partial charge in [-0.2, -0.15) is 0 Å². The van der Waals surface area contributed by atoms with E-state index in [-0.39, 0.29) is 19.1 Å². The van der Waals surface area contributed by atoms with Gasteiger partial charge in [0.1, 0.15) is 0 Å². The minimum absolute atomic E-state index is 0.147. The van der Waals surface area contributed by atoms with Crippen LogP contribution in [0.25, 0.3) is 0 Å². The van der Waals surface area contributed by atoms with E-state index in [0.29, 0.717) is 44.4 Å². The fourth-order valence-corrected chi connectivity index (χ4v) is 4.59. The van der Waals surface area contributed by atoms with Crippen LogP contribution in [-0.4, -0.2) is 38.2 Å². The van der Waals surface area contributed by atoms with Gasteiger partial charge in [-0.15, -0.1) is 0 Å². The number of ether oxygens (including phenoxy) is 1. The van der Waals surface area contributed by atoms with Crippen molar-refractivity contribution in [2.24, 2.45) is 0 Å². The zero-order chi connectivity index (χ0) is 26.3. The van der Waals surface area contributed by atoms with Gasteiger partial charge in [0, 0.05) is 27.9 Å². The Labute approximate surface area is 221 Å². The summed E-state index contributed by atoms with van der Waals surface area (Å²) in [5.41, 5.74) is -0.364. The van der Waals surface area contributed by atoms with E-state index < -0.39 is 16.9 Å². The molecular weight excluding hydrogens is 499 g/mol. The summed E-state index contributed by atoms with van der Waals surface area (Å²) in [6, 6.07) is 16.0. The third-order valence-corrected chi connectivity index (χ3v) is 6.79. The number of aliphatic hydroxyl groups is 2. The summed E-state index contributed by atoms with van der Waals surface area (Å²) in [6.45, 7) is 7.10. The minimum Gasteiger partial charge on any atom is -0.390 e. The summed E-state index contributed by atoms with van der Waals surface area (Å²) in [4.78, 5) is 20.0. The molecule has 4 rings (SSSR count). The molecule has 0 fully saturated rings. The lowest BCUT2D eigenvalue weighted by Crippen LogP contribution is -2.47. The smallest absolute Gasteiger partial charge is 0.257 e. The fourth-order valence-electron chi connectivity index (χ4n) is 4.35. The van der Waals surface area contributed by atoms with Gasteiger partial charge in [-0.25, -0.2) is 0 Å². The van der Waals surface area contributed by atoms with Crippen molar-refractivity contribution in [2.45, 2.75) is 57.6 Å². The van der Waals surface area contributed by atoms with E-state index in [1.807, 2.05) is 18.2 Å². The van der Waals surface area contributed by atoms with Crippen LogP contribution >= 0.6 is 23.2 Å². The molecular formula is C28H30Cl2N2O4. The van der Waals surface area contributed by atoms with Crippen molar-refractivity contribution in [1.29, 1.82) is 0 Å². The van der Waals surface area contributed by atoms with Crippen LogP contribution in [0.2, 0.25) is 10.0 Å². The summed E-state index contributed by atoms with van der Waals surface area (Å²) in [7, 11) is 0. The van der Waals surface area contributed by atoms with Gasteiger partial charge < -0.3 is 14.9 Å². The van der Waals surface area contributed by atoms with Crippen molar-refractivity contribution < 1.29 is 19.7 Å². The number of amides is 1. The Morgan fingerprint density at radius 1 is 0.972 bits per heavy atom. The second kappa shape index (κ2) is 9.77. The Kier molecular flexibility index (Phi) is 7.21. The van der Waals surface area contributed by atoms with Gasteiger partial charge in [-0.05, 0) is 70.0 Å². The third-order valence-electron chi connectivity index (χ3n) is 6.32. The molecule has 0 spiro atoms. The second-order valence-corrected chi connectivity index (χ2v) is 11.1. The average molecular weight is 529 g/mol. The van der Waals surface area contributed by atoms with E-state index in [2.05, 4.69) is 4.98 Å². The molecule has 8 heteroatoms. The first-order valence-corrected chi connectivity index (χ1v) is 12.5. The number of hydrogen-bond acceptors (Lipinski definition) is 5. The molecule has 1 atom stereocenters. The summed E-state index contributed by atoms with van der Waals surface area (Å²) >= 11 is 12.2. The number of fused-ring (bicyclic) bond motifs is 1. The largest absolute Gasteiger partial charge is 0.390 e. The fraction of sp³-hybridized carbons (Fsp3) is 0.357. The van der Waals surface area contributed by atoms with Crippen molar-refractivity contribution in [3.8, 4) is 0 Å². The molecule has 1 aliphatic heterocycles. The van der Waals surface area contributed by atoms with E-state index >= 15 is 0 Å². The van der Waals surface area contributed by atoms with E-state index in [1.165, 1.54) is 6.20 Å². The van der Waals surface area contributed by atoms with E-state index in [0.717, 1.165) is 0 Å². The highest BCUT2D eigenvalue weighted by molar-refractivity contribution is 6.30. The highest BCUT2D eigenvalue weighted by Crippen LogP contribution is 2.47. The maximum atomic E-state index is 14.0. The first-order valence-electron chi connectivity index (χ1n) is 11.7. The van der Waals surface area contributed by atoms with Crippen LogP contribution in [0, 0.1) is 0 Å². The van der Waals surface area contributed by atoms with Crippen LogP contribution in [-0.2, 0) is 22.6 Å². The molecule has 0 saturated carbocycles. The lowest BCUT2D eigenvalue weighted by atomic mass is 9.89. The number of benzene rings is 2. The SMILES string of the molecule is CC(C)(O)CCO[C@]1(c2ccc(Cl)cc2)c2ccc(C(C)(C)O)cc2C(=O)N1Cc1ccc(Cl)cn1. The van der Waals surface area contributed by atoms with Crippen molar-refractivity contribution in [3.63, 3.8) is 0 Å². The van der Waals surface area contributed by atoms with Crippen molar-refractivity contribution in [3.05, 3.63) is 98.8 Å². The Morgan fingerprint density at radius 3 is 2.22 bits per heavy atom. The molecule has 6 nitrogen and oxygen atoms in total. The lowest BCUT2D eigenvalue weighted by Gasteiger charge is -2.40. The maximum absolute atomic E-state index is 14.0. The monoisotopic (exact) mass is 528 g/mol. The average Bonchev–Trinajstić information content (AvgIpc) is 3.02. The summed E-state index contributed by atoms with van der Waals surface area (Å²) in [5.74, 6) is -0.258. The molecule has 2 aromatic carbocycles. The molecule has 190 valence electrons. The zero-order valence-electron chi connectivity index (χ0n) is 20.8. The predicted molar refractivity (Wildman–Crippen MR) is 140 cm³/mol. The van der Waals surface area contributed by atoms with Crippen LogP contribution in [0.15, 0.2) is 60.8 Å². The van der Waals surface area contributed by atoms with E-state index in [9.17, 15) is 15.0 Å². The molecule has 0 saturated heterocycles. The highest BCUT2D eigenvalue weighted by Gasteiger charge is 2.52. The number of carbonyl (C=O) groups excluding carboxylic acids is 1. The molecule has 0 unspecified atom stereocenters. The number of pyridine rings is 1. The Morgan fingerprint density at radius 2 is 1.64 bits per heavy atom. The standard InChI is InChI=1S/C28H30Cl2N2O4/c1-26(2,34)13-14-36-28(18-5-8-20(29)9-6-18)24-12-7-19(27(3,4)35)15-23(24)25(33)32(28)17-22-11-10-21(30)16-31-22/h5-12,15-16,34-35H,13-14,17H2,1-4H3/t28-/m1/s1. The number of halogens is 2. The first-order chi connectivity index (χ1) is 16.8. The molecule has 36 heavy (non-hydrogen) atoms. The quantitative estimate of drug-likeness (QED) is 0.394. The van der Waals surface area contributed by atoms with Gasteiger partial charge in [0.05, 0.1) is 35.1 Å². The molecule has 2 heterocycles. The Hall–Kier alpha value is -2.48. The topological polar surface area (TPSA) is 82.9 Å². The number of hydrogen-bond donors (Lipinski definition) is 2. The van der Waals surface area contributed by atoms with Crippen LogP contribution < -0.4 is 0 Å². The molecule has 0 bridgehead atoms. The van der Waals surface area contributed by atoms with E-state index in [4.69, 9.17) is 27.9 Å². The van der Waals surface area contributed by atoms with Crippen LogP contribution in [0.3, 0.4) is 0 Å². The molecule has 2 N–H and O–H groups in total. The van der Waals surface area contributed by atoms with Gasteiger partial charge in [-0.1, -0.05) is 47.5 Å². The molecule has 3 aromatic rings. The van der Waals surface area contributed by atoms with Crippen molar-refractivity contribution >= 4 is 29.1 Å². The number of rotatable bonds is 8. The second-order valence-electron chi connectivity index (χ2n) is 10.2. The van der Waals surface area contributed by atoms with Crippen molar-refractivity contribution in [2.75, 3.05) is 6.61 Å². The number of aromatic nitrogens is 1. The summed E-state index contributed by atoms with van der Waals surface area (Å²) < 4.78 is 6.61. The van der Waals surface area contributed by atoms with Crippen LogP contribution in [0.1, 0.15) is 66.9 Å². The molecule has 0 aliphatic carbocycles. The van der Waals surface area contributed by atoms with Gasteiger partial charge >= 0.3 is 0 Å². The Balaban J connectivity index is 1.91. The maximum Gasteiger partial charge on any atom is 0.257 e. The van der Waals surface area contributed by atoms with Crippen LogP contribution in [0.5, 0.6) is 0 Å². The number of nitrogens with zero attached hydrogens (tertiary/aromatic N) is 2. The van der Waals surface area contributed by atoms with Crippen LogP contribution in [0.4, 0.5) is 0 Å². The van der Waals surface area contributed by atoms with Gasteiger partial charge in [0.15, 0.2) is 5.72 Å². The third kappa shape index (κ3) is 5.29. The molecule has 1 amide bonds. The molecule has 0 radical (unpaired) electrons. The molecule has 1 aliphatic rings. The molecule has 1 aromatic heterocycles. The lowest BCUT2D eigenvalue weighted by molar-refractivity contribution is -0.122. The number of carbonyl (C=O) groups is 1. The van der Waals surface area contributed by atoms with E-state index in [1.54, 1.807) is 69.0 Å². The highest BCUT2D eigenvalue weighted by atomic mass is 35.5. The van der Waals surface area contributed by atoms with Gasteiger partial charge in [0.25, 0.3) is 5.91 Å². The summed E-state index contributed by atoms with van der Waals surface area (Å²) in [5, 5.41) is 22.0. The normalized spacial score (nSPS) is 18.0. The zero-order valence-corrected chi connectivity index (χ0v) is 22.3. The van der Waals surface area contributed by atoms with Crippen molar-refractivity contribution in [1.82, 2.24) is 9.88 Å². The Bertz CT molecular complexity index is 1250. The van der Waals surface area contributed by atoms with Gasteiger partial charge in [-0.3, -0.25) is 14.7 Å². The predicted octanol–water partition coefficient (Wildman–Crippen LogP) is 5.65. The summed E-state index contributed by atoms with van der Waals surface area (Å²) in [6.07, 6.45) is 1.89. The minimum atomic E-state index is -1.30.